The van der Waals surface area contributed by atoms with E-state index in [1.54, 1.807) is 0 Å². The first-order valence-electron chi connectivity index (χ1n) is 7.27. The van der Waals surface area contributed by atoms with E-state index in [0.29, 0.717) is 22.5 Å². The number of ether oxygens (including phenoxy) is 1. The topological polar surface area (TPSA) is 50.5 Å². The number of rotatable bonds is 5. The molecule has 2 unspecified atom stereocenters. The summed E-state index contributed by atoms with van der Waals surface area (Å²) >= 11 is 12.5. The molecule has 21 heavy (non-hydrogen) atoms. The zero-order valence-corrected chi connectivity index (χ0v) is 14.0. The Hall–Kier alpha value is -0.360. The standard InChI is InChI=1S/C15H23Cl2N3O/c1-10(2)20-6-7-21-15(9-20)14(19-18)8-11-12(16)4-3-5-13(11)17/h3-5,10,14-15,19H,6-9,18H2,1-2H3. The zero-order chi connectivity index (χ0) is 15.4. The Balaban J connectivity index is 2.09. The highest BCUT2D eigenvalue weighted by molar-refractivity contribution is 6.36. The van der Waals surface area contributed by atoms with Crippen LogP contribution in [0.15, 0.2) is 18.2 Å². The minimum Gasteiger partial charge on any atom is -0.374 e. The van der Waals surface area contributed by atoms with Crippen LogP contribution in [0.1, 0.15) is 19.4 Å². The molecule has 3 N–H and O–H groups in total. The van der Waals surface area contributed by atoms with Crippen molar-refractivity contribution in [2.75, 3.05) is 19.7 Å². The minimum atomic E-state index is -0.0241. The number of nitrogens with two attached hydrogens (primary N) is 1. The molecule has 0 radical (unpaired) electrons. The molecule has 118 valence electrons. The fraction of sp³-hybridized carbons (Fsp3) is 0.600. The molecule has 0 amide bonds. The van der Waals surface area contributed by atoms with Crippen molar-refractivity contribution in [2.45, 2.75) is 38.5 Å². The van der Waals surface area contributed by atoms with E-state index in [-0.39, 0.29) is 12.1 Å². The molecule has 1 aromatic carbocycles. The van der Waals surface area contributed by atoms with E-state index in [2.05, 4.69) is 24.2 Å². The summed E-state index contributed by atoms with van der Waals surface area (Å²) in [6.45, 7) is 6.92. The summed E-state index contributed by atoms with van der Waals surface area (Å²) in [5.41, 5.74) is 3.78. The molecular weight excluding hydrogens is 309 g/mol. The number of benzene rings is 1. The summed E-state index contributed by atoms with van der Waals surface area (Å²) in [6, 6.07) is 6.01. The van der Waals surface area contributed by atoms with Crippen molar-refractivity contribution >= 4 is 23.2 Å². The third kappa shape index (κ3) is 4.31. The Morgan fingerprint density at radius 3 is 2.62 bits per heavy atom. The van der Waals surface area contributed by atoms with Crippen LogP contribution >= 0.6 is 23.2 Å². The summed E-state index contributed by atoms with van der Waals surface area (Å²) in [5, 5.41) is 1.33. The predicted octanol–water partition coefficient (Wildman–Crippen LogP) is 2.48. The van der Waals surface area contributed by atoms with Crippen LogP contribution < -0.4 is 11.3 Å². The van der Waals surface area contributed by atoms with E-state index in [0.717, 1.165) is 25.3 Å². The molecule has 1 saturated heterocycles. The third-order valence-corrected chi connectivity index (χ3v) is 4.71. The molecule has 0 aromatic heterocycles. The van der Waals surface area contributed by atoms with Gasteiger partial charge in [0, 0.05) is 29.2 Å². The number of nitrogens with one attached hydrogen (secondary N) is 1. The van der Waals surface area contributed by atoms with Gasteiger partial charge in [-0.2, -0.15) is 0 Å². The van der Waals surface area contributed by atoms with Crippen LogP contribution in [0.25, 0.3) is 0 Å². The average Bonchev–Trinajstić information content (AvgIpc) is 2.47. The van der Waals surface area contributed by atoms with Crippen LogP contribution in [0.3, 0.4) is 0 Å². The largest absolute Gasteiger partial charge is 0.374 e. The van der Waals surface area contributed by atoms with Gasteiger partial charge in [-0.1, -0.05) is 29.3 Å². The van der Waals surface area contributed by atoms with Crippen LogP contribution in [0, 0.1) is 0 Å². The number of hydrazine groups is 1. The minimum absolute atomic E-state index is 0.0241. The van der Waals surface area contributed by atoms with Gasteiger partial charge in [-0.05, 0) is 38.0 Å². The van der Waals surface area contributed by atoms with Gasteiger partial charge in [0.05, 0.1) is 18.8 Å². The Morgan fingerprint density at radius 2 is 2.05 bits per heavy atom. The number of nitrogens with zero attached hydrogens (tertiary/aromatic N) is 1. The molecule has 4 nitrogen and oxygen atoms in total. The first-order valence-corrected chi connectivity index (χ1v) is 8.03. The molecule has 0 saturated carbocycles. The fourth-order valence-corrected chi connectivity index (χ4v) is 3.21. The second-order valence-corrected chi connectivity index (χ2v) is 6.49. The maximum Gasteiger partial charge on any atom is 0.0872 e. The molecule has 2 rings (SSSR count). The van der Waals surface area contributed by atoms with Gasteiger partial charge in [-0.3, -0.25) is 16.2 Å². The summed E-state index contributed by atoms with van der Waals surface area (Å²) in [7, 11) is 0. The lowest BCUT2D eigenvalue weighted by Gasteiger charge is -2.38. The molecule has 0 aliphatic carbocycles. The van der Waals surface area contributed by atoms with Crippen LogP contribution in [0.4, 0.5) is 0 Å². The maximum atomic E-state index is 6.24. The van der Waals surface area contributed by atoms with Gasteiger partial charge in [-0.25, -0.2) is 0 Å². The summed E-state index contributed by atoms with van der Waals surface area (Å²) in [6.07, 6.45) is 0.671. The molecule has 1 fully saturated rings. The van der Waals surface area contributed by atoms with Crippen LogP contribution in [0.5, 0.6) is 0 Å². The maximum absolute atomic E-state index is 6.24. The van der Waals surface area contributed by atoms with Crippen LogP contribution in [-0.2, 0) is 11.2 Å². The Kier molecular flexibility index (Phi) is 6.29. The lowest BCUT2D eigenvalue weighted by atomic mass is 10.00. The monoisotopic (exact) mass is 331 g/mol. The first-order chi connectivity index (χ1) is 10.0. The van der Waals surface area contributed by atoms with Crippen LogP contribution in [-0.4, -0.2) is 42.8 Å². The fourth-order valence-electron chi connectivity index (χ4n) is 2.65. The quantitative estimate of drug-likeness (QED) is 0.642. The van der Waals surface area contributed by atoms with Crippen molar-refractivity contribution in [3.05, 3.63) is 33.8 Å². The average molecular weight is 332 g/mol. The SMILES string of the molecule is CC(C)N1CCOC(C(Cc2c(Cl)cccc2Cl)NN)C1. The van der Waals surface area contributed by atoms with Gasteiger partial charge in [0.2, 0.25) is 0 Å². The lowest BCUT2D eigenvalue weighted by molar-refractivity contribution is -0.0552. The second kappa shape index (κ2) is 7.77. The normalized spacial score (nSPS) is 21.7. The Bertz CT molecular complexity index is 450. The molecule has 1 aromatic rings. The number of hydrogen-bond acceptors (Lipinski definition) is 4. The molecule has 0 bridgehead atoms. The van der Waals surface area contributed by atoms with E-state index >= 15 is 0 Å². The number of hydrogen-bond donors (Lipinski definition) is 2. The van der Waals surface area contributed by atoms with Crippen molar-refractivity contribution in [3.63, 3.8) is 0 Å². The molecule has 2 atom stereocenters. The number of halogens is 2. The molecular formula is C15H23Cl2N3O. The van der Waals surface area contributed by atoms with Gasteiger partial charge in [0.1, 0.15) is 0 Å². The number of morpholine rings is 1. The molecule has 1 heterocycles. The molecule has 1 aliphatic heterocycles. The van der Waals surface area contributed by atoms with Crippen molar-refractivity contribution in [1.29, 1.82) is 0 Å². The highest BCUT2D eigenvalue weighted by Gasteiger charge is 2.29. The van der Waals surface area contributed by atoms with Gasteiger partial charge in [0.25, 0.3) is 0 Å². The van der Waals surface area contributed by atoms with Crippen molar-refractivity contribution < 1.29 is 4.74 Å². The van der Waals surface area contributed by atoms with Gasteiger partial charge in [0.15, 0.2) is 0 Å². The summed E-state index contributed by atoms with van der Waals surface area (Å²) < 4.78 is 5.89. The molecule has 0 spiro atoms. The van der Waals surface area contributed by atoms with Gasteiger partial charge < -0.3 is 4.74 Å². The van der Waals surface area contributed by atoms with Crippen LogP contribution in [0.2, 0.25) is 10.0 Å². The Labute approximate surface area is 136 Å². The van der Waals surface area contributed by atoms with E-state index in [4.69, 9.17) is 33.8 Å². The van der Waals surface area contributed by atoms with Gasteiger partial charge in [-0.15, -0.1) is 0 Å². The Morgan fingerprint density at radius 1 is 1.38 bits per heavy atom. The van der Waals surface area contributed by atoms with E-state index in [1.807, 2.05) is 18.2 Å². The molecule has 6 heteroatoms. The van der Waals surface area contributed by atoms with Crippen molar-refractivity contribution in [3.8, 4) is 0 Å². The third-order valence-electron chi connectivity index (χ3n) is 4.00. The first kappa shape index (κ1) is 17.0. The van der Waals surface area contributed by atoms with E-state index in [9.17, 15) is 0 Å². The van der Waals surface area contributed by atoms with E-state index < -0.39 is 0 Å². The summed E-state index contributed by atoms with van der Waals surface area (Å²) in [4.78, 5) is 2.40. The second-order valence-electron chi connectivity index (χ2n) is 5.68. The van der Waals surface area contributed by atoms with E-state index in [1.165, 1.54) is 0 Å². The van der Waals surface area contributed by atoms with Crippen molar-refractivity contribution in [1.82, 2.24) is 10.3 Å². The highest BCUT2D eigenvalue weighted by atomic mass is 35.5. The highest BCUT2D eigenvalue weighted by Crippen LogP contribution is 2.27. The molecule has 1 aliphatic rings. The van der Waals surface area contributed by atoms with Gasteiger partial charge >= 0.3 is 0 Å². The lowest BCUT2D eigenvalue weighted by Crippen LogP contribution is -2.56. The predicted molar refractivity (Wildman–Crippen MR) is 87.7 cm³/mol. The zero-order valence-electron chi connectivity index (χ0n) is 12.5. The summed E-state index contributed by atoms with van der Waals surface area (Å²) in [5.74, 6) is 5.74. The smallest absolute Gasteiger partial charge is 0.0872 e. The van der Waals surface area contributed by atoms with Crippen molar-refractivity contribution in [2.24, 2.45) is 5.84 Å².